The average molecular weight is 305 g/mol. The van der Waals surface area contributed by atoms with Crippen LogP contribution in [-0.4, -0.2) is 13.4 Å². The molecule has 0 aliphatic heterocycles. The summed E-state index contributed by atoms with van der Waals surface area (Å²) in [5.74, 6) is 0. The van der Waals surface area contributed by atoms with Crippen LogP contribution in [0.1, 0.15) is 23.7 Å². The number of sulfonamides is 1. The summed E-state index contributed by atoms with van der Waals surface area (Å²) in [6.45, 7) is 3.99. The summed E-state index contributed by atoms with van der Waals surface area (Å²) in [5.41, 5.74) is 8.27. The van der Waals surface area contributed by atoms with E-state index < -0.39 is 10.0 Å². The lowest BCUT2D eigenvalue weighted by atomic mass is 10.1. The summed E-state index contributed by atoms with van der Waals surface area (Å²) in [6, 6.07) is 8.69. The minimum absolute atomic E-state index is 0.274. The molecule has 0 atom stereocenters. The topological polar surface area (TPSA) is 85.1 Å². The number of nitrogens with zero attached hydrogens (tertiary/aromatic N) is 1. The van der Waals surface area contributed by atoms with Gasteiger partial charge in [-0.2, -0.15) is 0 Å². The molecule has 0 spiro atoms. The first kappa shape index (κ1) is 15.5. The molecule has 5 nitrogen and oxygen atoms in total. The number of anilines is 1. The number of aryl methyl sites for hydroxylation is 2. The zero-order chi connectivity index (χ0) is 15.5. The quantitative estimate of drug-likeness (QED) is 0.887. The van der Waals surface area contributed by atoms with Gasteiger partial charge < -0.3 is 5.73 Å². The van der Waals surface area contributed by atoms with Crippen molar-refractivity contribution in [3.63, 3.8) is 0 Å². The van der Waals surface area contributed by atoms with Gasteiger partial charge in [0, 0.05) is 12.7 Å². The molecule has 0 amide bonds. The Morgan fingerprint density at radius 2 is 2.05 bits per heavy atom. The van der Waals surface area contributed by atoms with Crippen molar-refractivity contribution in [2.45, 2.75) is 31.7 Å². The van der Waals surface area contributed by atoms with Crippen molar-refractivity contribution in [3.8, 4) is 0 Å². The third-order valence-corrected chi connectivity index (χ3v) is 4.74. The van der Waals surface area contributed by atoms with Crippen LogP contribution in [0.4, 0.5) is 5.69 Å². The summed E-state index contributed by atoms with van der Waals surface area (Å²) < 4.78 is 27.8. The molecule has 112 valence electrons. The third kappa shape index (κ3) is 3.40. The molecule has 1 aromatic carbocycles. The summed E-state index contributed by atoms with van der Waals surface area (Å²) >= 11 is 0. The Morgan fingerprint density at radius 3 is 2.67 bits per heavy atom. The molecule has 1 heterocycles. The first-order chi connectivity index (χ1) is 9.97. The normalized spacial score (nSPS) is 11.4. The number of rotatable bonds is 5. The lowest BCUT2D eigenvalue weighted by molar-refractivity contribution is 0.600. The number of pyridine rings is 1. The van der Waals surface area contributed by atoms with Crippen molar-refractivity contribution in [3.05, 3.63) is 53.3 Å². The highest BCUT2D eigenvalue weighted by Crippen LogP contribution is 2.22. The second-order valence-electron chi connectivity index (χ2n) is 4.74. The molecule has 0 unspecified atom stereocenters. The van der Waals surface area contributed by atoms with Crippen LogP contribution in [0, 0.1) is 6.92 Å². The van der Waals surface area contributed by atoms with E-state index in [1.165, 1.54) is 0 Å². The van der Waals surface area contributed by atoms with Crippen molar-refractivity contribution in [2.75, 3.05) is 4.72 Å². The van der Waals surface area contributed by atoms with E-state index in [-0.39, 0.29) is 4.90 Å². The fraction of sp³-hybridized carbons (Fsp3) is 0.267. The second kappa shape index (κ2) is 6.24. The van der Waals surface area contributed by atoms with Gasteiger partial charge >= 0.3 is 0 Å². The van der Waals surface area contributed by atoms with Crippen LogP contribution in [0.5, 0.6) is 0 Å². The van der Waals surface area contributed by atoms with Crippen LogP contribution >= 0.6 is 0 Å². The molecule has 21 heavy (non-hydrogen) atoms. The monoisotopic (exact) mass is 305 g/mol. The summed E-state index contributed by atoms with van der Waals surface area (Å²) in [5, 5.41) is 0. The Kier molecular flexibility index (Phi) is 4.59. The van der Waals surface area contributed by atoms with Crippen molar-refractivity contribution in [2.24, 2.45) is 5.73 Å². The van der Waals surface area contributed by atoms with Crippen molar-refractivity contribution < 1.29 is 8.42 Å². The molecule has 0 saturated heterocycles. The van der Waals surface area contributed by atoms with Crippen LogP contribution in [0.15, 0.2) is 41.4 Å². The molecule has 1 aromatic heterocycles. The highest BCUT2D eigenvalue weighted by molar-refractivity contribution is 7.92. The van der Waals surface area contributed by atoms with Gasteiger partial charge in [0.15, 0.2) is 0 Å². The largest absolute Gasteiger partial charge is 0.326 e. The van der Waals surface area contributed by atoms with Gasteiger partial charge in [0.1, 0.15) is 0 Å². The minimum atomic E-state index is -3.66. The maximum absolute atomic E-state index is 12.6. The van der Waals surface area contributed by atoms with Gasteiger partial charge in [0.05, 0.1) is 16.3 Å². The zero-order valence-corrected chi connectivity index (χ0v) is 12.9. The molecule has 2 aromatic rings. The van der Waals surface area contributed by atoms with Crippen molar-refractivity contribution in [1.29, 1.82) is 0 Å². The molecule has 3 N–H and O–H groups in total. The van der Waals surface area contributed by atoms with Gasteiger partial charge in [0.25, 0.3) is 10.0 Å². The molecule has 0 aliphatic rings. The minimum Gasteiger partial charge on any atom is -0.326 e. The maximum atomic E-state index is 12.6. The van der Waals surface area contributed by atoms with E-state index in [1.54, 1.807) is 31.3 Å². The van der Waals surface area contributed by atoms with Crippen molar-refractivity contribution in [1.82, 2.24) is 4.98 Å². The molecule has 0 saturated carbocycles. The fourth-order valence-corrected chi connectivity index (χ4v) is 3.54. The predicted molar refractivity (Wildman–Crippen MR) is 83.5 cm³/mol. The van der Waals surface area contributed by atoms with Crippen LogP contribution in [0.25, 0.3) is 0 Å². The average Bonchev–Trinajstić information content (AvgIpc) is 2.48. The second-order valence-corrected chi connectivity index (χ2v) is 6.39. The van der Waals surface area contributed by atoms with Crippen LogP contribution < -0.4 is 10.5 Å². The van der Waals surface area contributed by atoms with E-state index in [4.69, 9.17) is 5.73 Å². The molecule has 2 rings (SSSR count). The van der Waals surface area contributed by atoms with Gasteiger partial charge in [-0.05, 0) is 42.7 Å². The highest BCUT2D eigenvalue weighted by Gasteiger charge is 2.19. The van der Waals surface area contributed by atoms with Crippen molar-refractivity contribution >= 4 is 15.7 Å². The Hall–Kier alpha value is -1.92. The first-order valence-corrected chi connectivity index (χ1v) is 8.22. The van der Waals surface area contributed by atoms with Crippen LogP contribution in [-0.2, 0) is 23.0 Å². The molecular weight excluding hydrogens is 286 g/mol. The Morgan fingerprint density at radius 1 is 1.29 bits per heavy atom. The van der Waals surface area contributed by atoms with Gasteiger partial charge in [0.2, 0.25) is 0 Å². The lowest BCUT2D eigenvalue weighted by Gasteiger charge is -2.13. The predicted octanol–water partition coefficient (Wildman–Crippen LogP) is 2.21. The number of benzene rings is 1. The number of nitrogens with two attached hydrogens (primary N) is 1. The van der Waals surface area contributed by atoms with E-state index in [1.807, 2.05) is 19.1 Å². The van der Waals surface area contributed by atoms with E-state index in [0.717, 1.165) is 11.1 Å². The number of nitrogens with one attached hydrogen (secondary N) is 1. The van der Waals surface area contributed by atoms with Gasteiger partial charge in [-0.25, -0.2) is 8.42 Å². The molecule has 0 radical (unpaired) electrons. The van der Waals surface area contributed by atoms with Gasteiger partial charge in [-0.1, -0.05) is 19.1 Å². The molecule has 0 fully saturated rings. The zero-order valence-electron chi connectivity index (χ0n) is 12.1. The molecule has 0 bridgehead atoms. The number of aromatic nitrogens is 1. The molecule has 0 aliphatic carbocycles. The third-order valence-electron chi connectivity index (χ3n) is 3.29. The van der Waals surface area contributed by atoms with E-state index >= 15 is 0 Å². The van der Waals surface area contributed by atoms with Gasteiger partial charge in [-0.3, -0.25) is 9.71 Å². The fourth-order valence-electron chi connectivity index (χ4n) is 2.06. The number of hydrogen-bond donors (Lipinski definition) is 2. The Balaban J connectivity index is 2.46. The highest BCUT2D eigenvalue weighted by atomic mass is 32.2. The standard InChI is InChI=1S/C15H19N3O2S/c1-3-13-7-6-12(10-16)9-15(13)21(19,20)18-14-5-4-8-17-11(14)2/h4-9,18H,3,10,16H2,1-2H3. The SMILES string of the molecule is CCc1ccc(CN)cc1S(=O)(=O)Nc1cccnc1C. The first-order valence-electron chi connectivity index (χ1n) is 6.74. The van der Waals surface area contributed by atoms with E-state index in [2.05, 4.69) is 9.71 Å². The van der Waals surface area contributed by atoms with E-state index in [0.29, 0.717) is 24.3 Å². The smallest absolute Gasteiger partial charge is 0.262 e. The van der Waals surface area contributed by atoms with Crippen LogP contribution in [0.3, 0.4) is 0 Å². The molecular formula is C15H19N3O2S. The number of hydrogen-bond acceptors (Lipinski definition) is 4. The maximum Gasteiger partial charge on any atom is 0.262 e. The van der Waals surface area contributed by atoms with Gasteiger partial charge in [-0.15, -0.1) is 0 Å². The van der Waals surface area contributed by atoms with Crippen LogP contribution in [0.2, 0.25) is 0 Å². The van der Waals surface area contributed by atoms with E-state index in [9.17, 15) is 8.42 Å². The summed E-state index contributed by atoms with van der Waals surface area (Å²) in [7, 11) is -3.66. The Bertz CT molecular complexity index is 742. The summed E-state index contributed by atoms with van der Waals surface area (Å²) in [4.78, 5) is 4.36. The molecule has 6 heteroatoms. The lowest BCUT2D eigenvalue weighted by Crippen LogP contribution is -2.16. The Labute approximate surface area is 125 Å². The summed E-state index contributed by atoms with van der Waals surface area (Å²) in [6.07, 6.45) is 2.26.